The van der Waals surface area contributed by atoms with Gasteiger partial charge in [-0.25, -0.2) is 4.98 Å². The second-order valence-electron chi connectivity index (χ2n) is 6.72. The molecule has 3 rings (SSSR count). The number of hydrogen-bond acceptors (Lipinski definition) is 3. The topological polar surface area (TPSA) is 42.1 Å². The lowest BCUT2D eigenvalue weighted by atomic mass is 9.88. The second-order valence-corrected chi connectivity index (χ2v) is 6.72. The molecular formula is C18H29N3. The van der Waals surface area contributed by atoms with Crippen LogP contribution in [-0.2, 0) is 6.54 Å². The summed E-state index contributed by atoms with van der Waals surface area (Å²) in [6, 6.07) is 5.77. The highest BCUT2D eigenvalue weighted by Gasteiger charge is 2.29. The van der Waals surface area contributed by atoms with Crippen molar-refractivity contribution >= 4 is 5.82 Å². The zero-order valence-electron chi connectivity index (χ0n) is 13.1. The van der Waals surface area contributed by atoms with Crippen LogP contribution in [0.2, 0.25) is 0 Å². The standard InChI is InChI=1S/C18H29N3/c19-13-15-11-12-18(20-14-15)21(16-7-3-1-4-8-16)17-9-5-2-6-10-17/h11-12,14,16-17H,1-10,13,19H2. The maximum Gasteiger partial charge on any atom is 0.128 e. The van der Waals surface area contributed by atoms with E-state index in [-0.39, 0.29) is 0 Å². The summed E-state index contributed by atoms with van der Waals surface area (Å²) in [5.74, 6) is 1.19. The van der Waals surface area contributed by atoms with Crippen molar-refractivity contribution in [3.8, 4) is 0 Å². The molecule has 2 N–H and O–H groups in total. The van der Waals surface area contributed by atoms with Crippen LogP contribution < -0.4 is 10.6 Å². The van der Waals surface area contributed by atoms with Crippen molar-refractivity contribution in [3.63, 3.8) is 0 Å². The zero-order chi connectivity index (χ0) is 14.5. The molecule has 1 heterocycles. The fourth-order valence-corrected chi connectivity index (χ4v) is 4.08. The number of pyridine rings is 1. The molecule has 2 saturated carbocycles. The van der Waals surface area contributed by atoms with Gasteiger partial charge in [-0.1, -0.05) is 44.6 Å². The molecule has 21 heavy (non-hydrogen) atoms. The molecule has 3 nitrogen and oxygen atoms in total. The quantitative estimate of drug-likeness (QED) is 0.909. The minimum absolute atomic E-state index is 0.583. The Morgan fingerprint density at radius 3 is 1.90 bits per heavy atom. The van der Waals surface area contributed by atoms with E-state index in [2.05, 4.69) is 17.0 Å². The van der Waals surface area contributed by atoms with Gasteiger partial charge in [-0.05, 0) is 37.3 Å². The van der Waals surface area contributed by atoms with Crippen LogP contribution in [-0.4, -0.2) is 17.1 Å². The third-order valence-electron chi connectivity index (χ3n) is 5.25. The van der Waals surface area contributed by atoms with Gasteiger partial charge in [-0.3, -0.25) is 0 Å². The highest BCUT2D eigenvalue weighted by molar-refractivity contribution is 5.42. The van der Waals surface area contributed by atoms with E-state index in [1.807, 2.05) is 6.20 Å². The summed E-state index contributed by atoms with van der Waals surface area (Å²) < 4.78 is 0. The first kappa shape index (κ1) is 14.8. The third kappa shape index (κ3) is 3.57. The number of nitrogens with two attached hydrogens (primary N) is 1. The predicted octanol–water partition coefficient (Wildman–Crippen LogP) is 4.01. The molecule has 0 unspecified atom stereocenters. The summed E-state index contributed by atoms with van der Waals surface area (Å²) in [6.07, 6.45) is 15.7. The Bertz CT molecular complexity index is 399. The number of hydrogen-bond donors (Lipinski definition) is 1. The maximum absolute atomic E-state index is 5.71. The number of rotatable bonds is 4. The number of aromatic nitrogens is 1. The van der Waals surface area contributed by atoms with E-state index in [0.717, 1.165) is 5.56 Å². The average molecular weight is 287 g/mol. The fourth-order valence-electron chi connectivity index (χ4n) is 4.08. The fraction of sp³-hybridized carbons (Fsp3) is 0.722. The smallest absolute Gasteiger partial charge is 0.128 e. The van der Waals surface area contributed by atoms with Gasteiger partial charge >= 0.3 is 0 Å². The lowest BCUT2D eigenvalue weighted by Crippen LogP contribution is -2.45. The van der Waals surface area contributed by atoms with Crippen LogP contribution in [0, 0.1) is 0 Å². The predicted molar refractivity (Wildman–Crippen MR) is 88.4 cm³/mol. The molecule has 3 heteroatoms. The van der Waals surface area contributed by atoms with E-state index in [1.54, 1.807) is 0 Å². The summed E-state index contributed by atoms with van der Waals surface area (Å²) >= 11 is 0. The van der Waals surface area contributed by atoms with E-state index in [0.29, 0.717) is 18.6 Å². The molecule has 0 spiro atoms. The molecule has 0 saturated heterocycles. The van der Waals surface area contributed by atoms with Gasteiger partial charge in [-0.15, -0.1) is 0 Å². The van der Waals surface area contributed by atoms with E-state index in [9.17, 15) is 0 Å². The van der Waals surface area contributed by atoms with Crippen LogP contribution in [0.15, 0.2) is 18.3 Å². The molecule has 2 fully saturated rings. The lowest BCUT2D eigenvalue weighted by molar-refractivity contribution is 0.338. The Balaban J connectivity index is 1.82. The molecule has 0 bridgehead atoms. The van der Waals surface area contributed by atoms with Crippen molar-refractivity contribution in [2.45, 2.75) is 82.8 Å². The molecule has 0 radical (unpaired) electrons. The maximum atomic E-state index is 5.71. The van der Waals surface area contributed by atoms with Gasteiger partial charge in [0, 0.05) is 24.8 Å². The third-order valence-corrected chi connectivity index (χ3v) is 5.25. The molecule has 116 valence electrons. The minimum Gasteiger partial charge on any atom is -0.351 e. The van der Waals surface area contributed by atoms with Crippen LogP contribution >= 0.6 is 0 Å². The van der Waals surface area contributed by atoms with Gasteiger partial charge in [-0.2, -0.15) is 0 Å². The molecule has 1 aromatic heterocycles. The van der Waals surface area contributed by atoms with Crippen LogP contribution in [0.1, 0.15) is 69.8 Å². The summed E-state index contributed by atoms with van der Waals surface area (Å²) in [5, 5.41) is 0. The highest BCUT2D eigenvalue weighted by Crippen LogP contribution is 2.33. The first-order chi connectivity index (χ1) is 10.4. The molecule has 0 aromatic carbocycles. The summed E-state index contributed by atoms with van der Waals surface area (Å²) in [7, 11) is 0. The van der Waals surface area contributed by atoms with Crippen molar-refractivity contribution in [2.75, 3.05) is 4.90 Å². The van der Waals surface area contributed by atoms with E-state index >= 15 is 0 Å². The van der Waals surface area contributed by atoms with Gasteiger partial charge in [0.25, 0.3) is 0 Å². The van der Waals surface area contributed by atoms with Crippen molar-refractivity contribution in [1.82, 2.24) is 4.98 Å². The Morgan fingerprint density at radius 1 is 0.905 bits per heavy atom. The van der Waals surface area contributed by atoms with Gasteiger partial charge in [0.15, 0.2) is 0 Å². The van der Waals surface area contributed by atoms with E-state index in [1.165, 1.54) is 70.0 Å². The van der Waals surface area contributed by atoms with Gasteiger partial charge in [0.05, 0.1) is 0 Å². The summed E-state index contributed by atoms with van der Waals surface area (Å²) in [6.45, 7) is 0.583. The summed E-state index contributed by atoms with van der Waals surface area (Å²) in [5.41, 5.74) is 6.84. The summed E-state index contributed by atoms with van der Waals surface area (Å²) in [4.78, 5) is 7.43. The number of anilines is 1. The van der Waals surface area contributed by atoms with Crippen molar-refractivity contribution in [3.05, 3.63) is 23.9 Å². The molecule has 0 aliphatic heterocycles. The molecule has 2 aliphatic rings. The molecule has 0 atom stereocenters. The van der Waals surface area contributed by atoms with Crippen molar-refractivity contribution in [1.29, 1.82) is 0 Å². The first-order valence-electron chi connectivity index (χ1n) is 8.82. The van der Waals surface area contributed by atoms with Crippen LogP contribution in [0.3, 0.4) is 0 Å². The molecule has 1 aromatic rings. The highest BCUT2D eigenvalue weighted by atomic mass is 15.2. The van der Waals surface area contributed by atoms with Crippen molar-refractivity contribution in [2.24, 2.45) is 5.73 Å². The normalized spacial score (nSPS) is 21.4. The zero-order valence-corrected chi connectivity index (χ0v) is 13.1. The molecular weight excluding hydrogens is 258 g/mol. The van der Waals surface area contributed by atoms with Crippen LogP contribution in [0.5, 0.6) is 0 Å². The molecule has 2 aliphatic carbocycles. The first-order valence-corrected chi connectivity index (χ1v) is 8.82. The van der Waals surface area contributed by atoms with Crippen LogP contribution in [0.4, 0.5) is 5.82 Å². The Kier molecular flexibility index (Phi) is 5.13. The number of nitrogens with zero attached hydrogens (tertiary/aromatic N) is 2. The van der Waals surface area contributed by atoms with Gasteiger partial charge in [0.2, 0.25) is 0 Å². The largest absolute Gasteiger partial charge is 0.351 e. The Hall–Kier alpha value is -1.09. The SMILES string of the molecule is NCc1ccc(N(C2CCCCC2)C2CCCCC2)nc1. The average Bonchev–Trinajstić information content (AvgIpc) is 2.58. The Labute approximate surface area is 128 Å². The monoisotopic (exact) mass is 287 g/mol. The second kappa shape index (κ2) is 7.26. The van der Waals surface area contributed by atoms with Gasteiger partial charge in [0.1, 0.15) is 5.82 Å². The van der Waals surface area contributed by atoms with E-state index in [4.69, 9.17) is 10.7 Å². The van der Waals surface area contributed by atoms with E-state index < -0.39 is 0 Å². The lowest BCUT2D eigenvalue weighted by Gasteiger charge is -2.42. The molecule has 0 amide bonds. The minimum atomic E-state index is 0.583. The van der Waals surface area contributed by atoms with Crippen molar-refractivity contribution < 1.29 is 0 Å². The van der Waals surface area contributed by atoms with Gasteiger partial charge < -0.3 is 10.6 Å². The van der Waals surface area contributed by atoms with Crippen LogP contribution in [0.25, 0.3) is 0 Å². The Morgan fingerprint density at radius 2 is 1.48 bits per heavy atom.